The molecule has 0 fully saturated rings. The lowest BCUT2D eigenvalue weighted by molar-refractivity contribution is -0.0368. The van der Waals surface area contributed by atoms with Crippen molar-refractivity contribution in [1.82, 2.24) is 24.5 Å². The third-order valence-corrected chi connectivity index (χ3v) is 5.62. The number of anilines is 1. The van der Waals surface area contributed by atoms with Crippen LogP contribution < -0.4 is 5.32 Å². The van der Waals surface area contributed by atoms with E-state index in [1.165, 1.54) is 28.1 Å². The Morgan fingerprint density at radius 1 is 1.16 bits per heavy atom. The molecule has 0 aliphatic carbocycles. The van der Waals surface area contributed by atoms with E-state index in [-0.39, 0.29) is 12.1 Å². The van der Waals surface area contributed by atoms with Crippen molar-refractivity contribution < 1.29 is 13.9 Å². The van der Waals surface area contributed by atoms with Gasteiger partial charge in [-0.05, 0) is 30.7 Å². The van der Waals surface area contributed by atoms with Crippen molar-refractivity contribution >= 4 is 17.3 Å². The first-order valence-corrected chi connectivity index (χ1v) is 10.3. The second-order valence-corrected chi connectivity index (χ2v) is 7.94. The summed E-state index contributed by atoms with van der Waals surface area (Å²) in [7, 11) is 0. The molecule has 2 aromatic carbocycles. The van der Waals surface area contributed by atoms with Gasteiger partial charge in [-0.25, -0.2) is 18.4 Å². The van der Waals surface area contributed by atoms with Crippen LogP contribution in [0.4, 0.5) is 14.5 Å². The molecule has 2 atom stereocenters. The largest absolute Gasteiger partial charge is 0.381 e. The average Bonchev–Trinajstić information content (AvgIpc) is 3.44. The number of halogens is 3. The van der Waals surface area contributed by atoms with Gasteiger partial charge in [-0.3, -0.25) is 4.68 Å². The Hall–Kier alpha value is -3.30. The third-order valence-electron chi connectivity index (χ3n) is 5.37. The highest BCUT2D eigenvalue weighted by molar-refractivity contribution is 6.30. The number of aliphatic hydroxyl groups is 1. The van der Waals surface area contributed by atoms with E-state index >= 15 is 0 Å². The van der Waals surface area contributed by atoms with Gasteiger partial charge >= 0.3 is 0 Å². The van der Waals surface area contributed by atoms with Crippen LogP contribution in [0, 0.1) is 11.6 Å². The molecule has 7 nitrogen and oxygen atoms in total. The minimum Gasteiger partial charge on any atom is -0.381 e. The van der Waals surface area contributed by atoms with Crippen molar-refractivity contribution in [2.24, 2.45) is 0 Å². The Morgan fingerprint density at radius 2 is 1.94 bits per heavy atom. The van der Waals surface area contributed by atoms with Gasteiger partial charge < -0.3 is 10.4 Å². The van der Waals surface area contributed by atoms with Crippen molar-refractivity contribution in [3.63, 3.8) is 0 Å². The summed E-state index contributed by atoms with van der Waals surface area (Å²) in [5.41, 5.74) is -0.0980. The fourth-order valence-electron chi connectivity index (χ4n) is 3.51. The van der Waals surface area contributed by atoms with E-state index in [0.29, 0.717) is 11.6 Å². The smallest absolute Gasteiger partial charge is 0.137 e. The minimum atomic E-state index is -1.79. The van der Waals surface area contributed by atoms with Gasteiger partial charge in [0.2, 0.25) is 0 Å². The second kappa shape index (κ2) is 9.05. The highest BCUT2D eigenvalue weighted by atomic mass is 35.5. The fraction of sp³-hybridized carbons (Fsp3) is 0.227. The molecule has 4 aromatic rings. The summed E-state index contributed by atoms with van der Waals surface area (Å²) in [4.78, 5) is 3.88. The van der Waals surface area contributed by atoms with Crippen molar-refractivity contribution in [1.29, 1.82) is 0 Å². The van der Waals surface area contributed by atoms with E-state index in [0.717, 1.165) is 23.4 Å². The molecule has 0 aliphatic heterocycles. The molecule has 2 heterocycles. The van der Waals surface area contributed by atoms with Gasteiger partial charge in [0.25, 0.3) is 0 Å². The summed E-state index contributed by atoms with van der Waals surface area (Å²) in [5.74, 6) is -1.58. The van der Waals surface area contributed by atoms with Gasteiger partial charge in [0.1, 0.15) is 29.9 Å². The Labute approximate surface area is 188 Å². The SMILES string of the molecule is C[C@@H](n1cc(NCc2ccc(Cl)cc2)cn1)[C@](O)(Cn1cncn1)c1ccc(F)cc1F. The monoisotopic (exact) mass is 458 g/mol. The van der Waals surface area contributed by atoms with E-state index < -0.39 is 23.3 Å². The topological polar surface area (TPSA) is 80.8 Å². The zero-order valence-corrected chi connectivity index (χ0v) is 17.9. The molecule has 2 N–H and O–H groups in total. The zero-order valence-electron chi connectivity index (χ0n) is 17.2. The Kier molecular flexibility index (Phi) is 6.20. The minimum absolute atomic E-state index is 0.0620. The van der Waals surface area contributed by atoms with Crippen LogP contribution in [-0.2, 0) is 18.7 Å². The molecule has 0 unspecified atom stereocenters. The van der Waals surface area contributed by atoms with Gasteiger partial charge in [0, 0.05) is 29.4 Å². The molecule has 0 radical (unpaired) electrons. The number of hydrogen-bond donors (Lipinski definition) is 2. The molecule has 4 rings (SSSR count). The van der Waals surface area contributed by atoms with E-state index in [1.807, 2.05) is 24.3 Å². The molecule has 0 bridgehead atoms. The summed E-state index contributed by atoms with van der Waals surface area (Å²) in [6, 6.07) is 9.82. The fourth-order valence-corrected chi connectivity index (χ4v) is 3.64. The number of nitrogens with zero attached hydrogens (tertiary/aromatic N) is 5. The molecule has 0 spiro atoms. The maximum absolute atomic E-state index is 14.7. The van der Waals surface area contributed by atoms with Gasteiger partial charge in [0.05, 0.1) is 24.5 Å². The lowest BCUT2D eigenvalue weighted by Crippen LogP contribution is -2.40. The summed E-state index contributed by atoms with van der Waals surface area (Å²) >= 11 is 5.92. The maximum Gasteiger partial charge on any atom is 0.137 e. The number of rotatable bonds is 8. The van der Waals surface area contributed by atoms with Crippen molar-refractivity contribution in [3.8, 4) is 0 Å². The molecular formula is C22H21ClF2N6O. The first-order valence-electron chi connectivity index (χ1n) is 9.88. The summed E-state index contributed by atoms with van der Waals surface area (Å²) in [6.45, 7) is 2.15. The maximum atomic E-state index is 14.7. The first-order chi connectivity index (χ1) is 15.3. The second-order valence-electron chi connectivity index (χ2n) is 7.51. The van der Waals surface area contributed by atoms with Gasteiger partial charge in [-0.1, -0.05) is 29.8 Å². The van der Waals surface area contributed by atoms with Crippen LogP contribution in [0.5, 0.6) is 0 Å². The lowest BCUT2D eigenvalue weighted by Gasteiger charge is -2.34. The number of aromatic nitrogens is 5. The predicted octanol–water partition coefficient (Wildman–Crippen LogP) is 4.17. The van der Waals surface area contributed by atoms with Crippen LogP contribution in [0.15, 0.2) is 67.5 Å². The third kappa shape index (κ3) is 4.63. The number of hydrogen-bond acceptors (Lipinski definition) is 5. The van der Waals surface area contributed by atoms with Crippen LogP contribution in [0.2, 0.25) is 5.02 Å². The Bertz CT molecular complexity index is 1180. The molecule has 2 aromatic heterocycles. The predicted molar refractivity (Wildman–Crippen MR) is 116 cm³/mol. The zero-order chi connectivity index (χ0) is 22.7. The van der Waals surface area contributed by atoms with Gasteiger partial charge in [-0.15, -0.1) is 0 Å². The van der Waals surface area contributed by atoms with Crippen LogP contribution in [0.3, 0.4) is 0 Å². The molecule has 0 aliphatic rings. The first kappa shape index (κ1) is 21.9. The molecule has 32 heavy (non-hydrogen) atoms. The standard InChI is InChI=1S/C22H21ClF2N6O/c1-15(31-11-19(10-28-31)27-9-16-2-4-17(23)5-3-16)22(32,12-30-14-26-13-29-30)20-7-6-18(24)8-21(20)25/h2-8,10-11,13-15,27,32H,9,12H2,1H3/t15-,22-/m1/s1. The van der Waals surface area contributed by atoms with Crippen molar-refractivity contribution in [2.45, 2.75) is 31.7 Å². The highest BCUT2D eigenvalue weighted by Crippen LogP contribution is 2.36. The summed E-state index contributed by atoms with van der Waals surface area (Å²) in [5, 5.41) is 23.9. The number of benzene rings is 2. The van der Waals surface area contributed by atoms with E-state index in [2.05, 4.69) is 20.5 Å². The van der Waals surface area contributed by atoms with Crippen LogP contribution >= 0.6 is 11.6 Å². The van der Waals surface area contributed by atoms with E-state index in [9.17, 15) is 13.9 Å². The van der Waals surface area contributed by atoms with Crippen LogP contribution in [0.1, 0.15) is 24.1 Å². The van der Waals surface area contributed by atoms with Crippen LogP contribution in [-0.4, -0.2) is 29.7 Å². The summed E-state index contributed by atoms with van der Waals surface area (Å²) in [6.07, 6.45) is 6.07. The molecule has 166 valence electrons. The molecule has 0 saturated heterocycles. The van der Waals surface area contributed by atoms with Gasteiger partial charge in [-0.2, -0.15) is 10.2 Å². The number of nitrogens with one attached hydrogen (secondary N) is 1. The van der Waals surface area contributed by atoms with E-state index in [4.69, 9.17) is 11.6 Å². The summed E-state index contributed by atoms with van der Waals surface area (Å²) < 4.78 is 31.1. The highest BCUT2D eigenvalue weighted by Gasteiger charge is 2.40. The van der Waals surface area contributed by atoms with Crippen LogP contribution in [0.25, 0.3) is 0 Å². The Balaban J connectivity index is 1.59. The molecule has 10 heteroatoms. The molecular weight excluding hydrogens is 438 g/mol. The van der Waals surface area contributed by atoms with Crippen molar-refractivity contribution in [3.05, 3.63) is 95.3 Å². The lowest BCUT2D eigenvalue weighted by atomic mass is 9.86. The van der Waals surface area contributed by atoms with Gasteiger partial charge in [0.15, 0.2) is 0 Å². The molecule has 0 amide bonds. The average molecular weight is 459 g/mol. The quantitative estimate of drug-likeness (QED) is 0.414. The molecule has 0 saturated carbocycles. The Morgan fingerprint density at radius 3 is 2.62 bits per heavy atom. The van der Waals surface area contributed by atoms with Crippen molar-refractivity contribution in [2.75, 3.05) is 5.32 Å². The normalized spacial score (nSPS) is 14.2. The van der Waals surface area contributed by atoms with E-state index in [1.54, 1.807) is 19.3 Å².